The Morgan fingerprint density at radius 2 is 1.46 bits per heavy atom. The van der Waals surface area contributed by atoms with E-state index in [1.165, 1.54) is 0 Å². The lowest BCUT2D eigenvalue weighted by molar-refractivity contribution is -0.118. The standard InChI is InChI=1S/C20H20ClN3O2/c21-14-3-1-13(2-4-14)20(11-12-20)18(25)22-15-5-7-16(8-6-15)23-19(26)24-17-9-10-17/h1-8,17H,9-12H2,(H,22,25)(H2,23,24,26). The van der Waals surface area contributed by atoms with Gasteiger partial charge in [-0.15, -0.1) is 0 Å². The van der Waals surface area contributed by atoms with Crippen LogP contribution in [0.5, 0.6) is 0 Å². The van der Waals surface area contributed by atoms with E-state index in [9.17, 15) is 9.59 Å². The molecule has 26 heavy (non-hydrogen) atoms. The van der Waals surface area contributed by atoms with Crippen LogP contribution in [0.25, 0.3) is 0 Å². The van der Waals surface area contributed by atoms with Crippen molar-refractivity contribution >= 4 is 34.9 Å². The fourth-order valence-corrected chi connectivity index (χ4v) is 3.13. The molecule has 0 bridgehead atoms. The van der Waals surface area contributed by atoms with Gasteiger partial charge in [0.2, 0.25) is 5.91 Å². The van der Waals surface area contributed by atoms with Crippen LogP contribution in [-0.2, 0) is 10.2 Å². The van der Waals surface area contributed by atoms with Gasteiger partial charge in [0.1, 0.15) is 0 Å². The molecule has 2 aliphatic rings. The fourth-order valence-electron chi connectivity index (χ4n) is 3.01. The van der Waals surface area contributed by atoms with Crippen molar-refractivity contribution < 1.29 is 9.59 Å². The molecule has 134 valence electrons. The maximum absolute atomic E-state index is 12.7. The summed E-state index contributed by atoms with van der Waals surface area (Å²) >= 11 is 5.94. The van der Waals surface area contributed by atoms with E-state index >= 15 is 0 Å². The first-order valence-electron chi connectivity index (χ1n) is 8.80. The van der Waals surface area contributed by atoms with Gasteiger partial charge in [0.05, 0.1) is 5.41 Å². The number of anilines is 2. The first-order chi connectivity index (χ1) is 12.5. The molecular weight excluding hydrogens is 350 g/mol. The van der Waals surface area contributed by atoms with Crippen LogP contribution in [0.3, 0.4) is 0 Å². The fraction of sp³-hybridized carbons (Fsp3) is 0.300. The van der Waals surface area contributed by atoms with Crippen molar-refractivity contribution in [2.24, 2.45) is 0 Å². The molecule has 2 aliphatic carbocycles. The summed E-state index contributed by atoms with van der Waals surface area (Å²) in [6, 6.07) is 14.7. The Hall–Kier alpha value is -2.53. The van der Waals surface area contributed by atoms with Crippen molar-refractivity contribution in [2.45, 2.75) is 37.1 Å². The molecule has 5 nitrogen and oxygen atoms in total. The third-order valence-corrected chi connectivity index (χ3v) is 5.15. The smallest absolute Gasteiger partial charge is 0.319 e. The number of urea groups is 1. The number of hydrogen-bond donors (Lipinski definition) is 3. The van der Waals surface area contributed by atoms with Gasteiger partial charge in [-0.3, -0.25) is 4.79 Å². The van der Waals surface area contributed by atoms with E-state index in [0.717, 1.165) is 31.2 Å². The molecule has 4 rings (SSSR count). The van der Waals surface area contributed by atoms with Gasteiger partial charge >= 0.3 is 6.03 Å². The van der Waals surface area contributed by atoms with Gasteiger partial charge in [0, 0.05) is 22.4 Å². The highest BCUT2D eigenvalue weighted by Crippen LogP contribution is 2.49. The average molecular weight is 370 g/mol. The molecule has 0 unspecified atom stereocenters. The van der Waals surface area contributed by atoms with E-state index in [1.807, 2.05) is 24.3 Å². The number of nitrogens with one attached hydrogen (secondary N) is 3. The van der Waals surface area contributed by atoms with Crippen LogP contribution < -0.4 is 16.0 Å². The van der Waals surface area contributed by atoms with Crippen molar-refractivity contribution in [3.05, 3.63) is 59.1 Å². The normalized spacial score (nSPS) is 17.3. The van der Waals surface area contributed by atoms with Gasteiger partial charge in [0.25, 0.3) is 0 Å². The van der Waals surface area contributed by atoms with Gasteiger partial charge in [-0.2, -0.15) is 0 Å². The lowest BCUT2D eigenvalue weighted by atomic mass is 9.95. The summed E-state index contributed by atoms with van der Waals surface area (Å²) in [6.07, 6.45) is 3.77. The lowest BCUT2D eigenvalue weighted by Gasteiger charge is -2.16. The van der Waals surface area contributed by atoms with Gasteiger partial charge in [0.15, 0.2) is 0 Å². The highest BCUT2D eigenvalue weighted by Gasteiger charge is 2.51. The summed E-state index contributed by atoms with van der Waals surface area (Å²) in [6.45, 7) is 0. The van der Waals surface area contributed by atoms with Crippen LogP contribution in [0.4, 0.5) is 16.2 Å². The summed E-state index contributed by atoms with van der Waals surface area (Å²) in [5.41, 5.74) is 1.95. The predicted octanol–water partition coefficient (Wildman–Crippen LogP) is 4.29. The van der Waals surface area contributed by atoms with E-state index in [-0.39, 0.29) is 11.9 Å². The van der Waals surface area contributed by atoms with Crippen LogP contribution in [-0.4, -0.2) is 18.0 Å². The number of carbonyl (C=O) groups excluding carboxylic acids is 2. The van der Waals surface area contributed by atoms with Crippen molar-refractivity contribution in [1.82, 2.24) is 5.32 Å². The number of benzene rings is 2. The number of carbonyl (C=O) groups is 2. The number of halogens is 1. The second kappa shape index (κ2) is 6.65. The number of hydrogen-bond acceptors (Lipinski definition) is 2. The lowest BCUT2D eigenvalue weighted by Crippen LogP contribution is -2.30. The predicted molar refractivity (Wildman–Crippen MR) is 103 cm³/mol. The van der Waals surface area contributed by atoms with Crippen molar-refractivity contribution in [3.63, 3.8) is 0 Å². The third-order valence-electron chi connectivity index (χ3n) is 4.89. The molecule has 3 amide bonds. The molecular formula is C20H20ClN3O2. The van der Waals surface area contributed by atoms with Crippen LogP contribution in [0.1, 0.15) is 31.2 Å². The molecule has 3 N–H and O–H groups in total. The van der Waals surface area contributed by atoms with E-state index in [4.69, 9.17) is 11.6 Å². The Kier molecular flexibility index (Phi) is 4.32. The molecule has 0 saturated heterocycles. The quantitative estimate of drug-likeness (QED) is 0.735. The van der Waals surface area contributed by atoms with Crippen LogP contribution in [0, 0.1) is 0 Å². The highest BCUT2D eigenvalue weighted by atomic mass is 35.5. The Morgan fingerprint density at radius 3 is 2.00 bits per heavy atom. The van der Waals surface area contributed by atoms with Crippen LogP contribution in [0.2, 0.25) is 5.02 Å². The first kappa shape index (κ1) is 16.9. The van der Waals surface area contributed by atoms with Gasteiger partial charge in [-0.05, 0) is 67.6 Å². The molecule has 2 aromatic rings. The van der Waals surface area contributed by atoms with Crippen molar-refractivity contribution in [3.8, 4) is 0 Å². The maximum atomic E-state index is 12.7. The minimum atomic E-state index is -0.453. The zero-order chi connectivity index (χ0) is 18.1. The molecule has 6 heteroatoms. The Morgan fingerprint density at radius 1 is 0.885 bits per heavy atom. The first-order valence-corrected chi connectivity index (χ1v) is 9.18. The average Bonchev–Trinajstić information content (AvgIpc) is 3.52. The molecule has 0 aromatic heterocycles. The molecule has 0 spiro atoms. The molecule has 2 fully saturated rings. The second-order valence-corrected chi connectivity index (χ2v) is 7.43. The molecule has 2 saturated carbocycles. The number of rotatable bonds is 5. The van der Waals surface area contributed by atoms with Gasteiger partial charge in [-0.1, -0.05) is 23.7 Å². The minimum absolute atomic E-state index is 0.00740. The monoisotopic (exact) mass is 369 g/mol. The van der Waals surface area contributed by atoms with Crippen LogP contribution >= 0.6 is 11.6 Å². The summed E-state index contributed by atoms with van der Waals surface area (Å²) < 4.78 is 0. The Bertz CT molecular complexity index is 825. The van der Waals surface area contributed by atoms with Crippen molar-refractivity contribution in [1.29, 1.82) is 0 Å². The van der Waals surface area contributed by atoms with Crippen LogP contribution in [0.15, 0.2) is 48.5 Å². The summed E-state index contributed by atoms with van der Waals surface area (Å²) in [5.74, 6) is -0.00740. The molecule has 0 atom stereocenters. The van der Waals surface area contributed by atoms with E-state index in [0.29, 0.717) is 22.4 Å². The Labute approximate surface area is 157 Å². The molecule has 0 aliphatic heterocycles. The third kappa shape index (κ3) is 3.68. The van der Waals surface area contributed by atoms with E-state index in [2.05, 4.69) is 16.0 Å². The molecule has 0 radical (unpaired) electrons. The van der Waals surface area contributed by atoms with E-state index < -0.39 is 5.41 Å². The summed E-state index contributed by atoms with van der Waals surface area (Å²) in [7, 11) is 0. The zero-order valence-corrected chi connectivity index (χ0v) is 15.0. The summed E-state index contributed by atoms with van der Waals surface area (Å²) in [5, 5.41) is 9.31. The van der Waals surface area contributed by atoms with Gasteiger partial charge in [-0.25, -0.2) is 4.79 Å². The molecule has 2 aromatic carbocycles. The second-order valence-electron chi connectivity index (χ2n) is 6.99. The Balaban J connectivity index is 1.38. The maximum Gasteiger partial charge on any atom is 0.319 e. The van der Waals surface area contributed by atoms with Crippen molar-refractivity contribution in [2.75, 3.05) is 10.6 Å². The zero-order valence-electron chi connectivity index (χ0n) is 14.2. The topological polar surface area (TPSA) is 70.2 Å². The summed E-state index contributed by atoms with van der Waals surface area (Å²) in [4.78, 5) is 24.5. The number of amides is 3. The SMILES string of the molecule is O=C(Nc1ccc(NC(=O)C2(c3ccc(Cl)cc3)CC2)cc1)NC1CC1. The highest BCUT2D eigenvalue weighted by molar-refractivity contribution is 6.30. The van der Waals surface area contributed by atoms with E-state index in [1.54, 1.807) is 24.3 Å². The van der Waals surface area contributed by atoms with Gasteiger partial charge < -0.3 is 16.0 Å². The molecule has 0 heterocycles. The largest absolute Gasteiger partial charge is 0.335 e. The minimum Gasteiger partial charge on any atom is -0.335 e.